The first-order chi connectivity index (χ1) is 15.5. The summed E-state index contributed by atoms with van der Waals surface area (Å²) in [4.78, 5) is 23.4. The van der Waals surface area contributed by atoms with E-state index in [0.717, 1.165) is 5.56 Å². The number of Topliss-reactive ketones (excluding diaryl/α,β-unsaturated/α-hetero) is 1. The van der Waals surface area contributed by atoms with Gasteiger partial charge in [-0.1, -0.05) is 36.5 Å². The van der Waals surface area contributed by atoms with Crippen molar-refractivity contribution in [1.29, 1.82) is 0 Å². The number of aromatic nitrogens is 4. The van der Waals surface area contributed by atoms with E-state index in [9.17, 15) is 9.18 Å². The number of ketones is 1. The summed E-state index contributed by atoms with van der Waals surface area (Å²) < 4.78 is 20.7. The minimum absolute atomic E-state index is 0.0945. The number of fused-ring (bicyclic) bond motifs is 1. The first kappa shape index (κ1) is 21.8. The van der Waals surface area contributed by atoms with E-state index in [1.807, 2.05) is 36.2 Å². The molecule has 32 heavy (non-hydrogen) atoms. The van der Waals surface area contributed by atoms with Crippen LogP contribution in [-0.2, 0) is 6.54 Å². The molecule has 0 saturated heterocycles. The molecule has 9 heteroatoms. The van der Waals surface area contributed by atoms with Gasteiger partial charge in [-0.25, -0.2) is 19.0 Å². The van der Waals surface area contributed by atoms with Crippen molar-refractivity contribution in [3.8, 4) is 5.75 Å². The zero-order valence-corrected chi connectivity index (χ0v) is 18.3. The molecule has 0 amide bonds. The number of halogens is 1. The number of pyridine rings is 1. The Morgan fingerprint density at radius 3 is 3.03 bits per heavy atom. The van der Waals surface area contributed by atoms with Crippen molar-refractivity contribution in [2.24, 2.45) is 5.92 Å². The lowest BCUT2D eigenvalue weighted by Gasteiger charge is -2.19. The van der Waals surface area contributed by atoms with E-state index in [4.69, 9.17) is 17.0 Å². The average Bonchev–Trinajstić information content (AvgIpc) is 3.22. The molecule has 1 aromatic carbocycles. The Morgan fingerprint density at radius 1 is 1.31 bits per heavy atom. The van der Waals surface area contributed by atoms with Crippen LogP contribution in [0.5, 0.6) is 5.75 Å². The van der Waals surface area contributed by atoms with Crippen LogP contribution in [0.4, 0.5) is 10.2 Å². The Hall–Kier alpha value is -3.46. The van der Waals surface area contributed by atoms with Crippen LogP contribution in [0.1, 0.15) is 29.0 Å². The van der Waals surface area contributed by atoms with Crippen LogP contribution >= 0.6 is 12.2 Å². The number of benzene rings is 1. The van der Waals surface area contributed by atoms with Gasteiger partial charge in [-0.15, -0.1) is 5.10 Å². The molecule has 0 aliphatic carbocycles. The van der Waals surface area contributed by atoms with Crippen LogP contribution in [0, 0.1) is 11.7 Å². The fourth-order valence-corrected chi connectivity index (χ4v) is 3.63. The van der Waals surface area contributed by atoms with Gasteiger partial charge in [0.2, 0.25) is 11.6 Å². The van der Waals surface area contributed by atoms with Gasteiger partial charge in [0.05, 0.1) is 17.5 Å². The van der Waals surface area contributed by atoms with Crippen LogP contribution in [0.2, 0.25) is 0 Å². The van der Waals surface area contributed by atoms with Crippen LogP contribution in [0.25, 0.3) is 0 Å². The molecule has 164 valence electrons. The zero-order chi connectivity index (χ0) is 22.5. The summed E-state index contributed by atoms with van der Waals surface area (Å²) in [5.74, 6) is 0.996. The van der Waals surface area contributed by atoms with E-state index in [1.165, 1.54) is 23.1 Å². The molecule has 0 radical (unpaired) electrons. The van der Waals surface area contributed by atoms with E-state index in [0.29, 0.717) is 36.1 Å². The minimum atomic E-state index is -0.310. The zero-order valence-electron chi connectivity index (χ0n) is 17.5. The second-order valence-corrected chi connectivity index (χ2v) is 7.84. The molecule has 0 spiro atoms. The molecule has 4 rings (SSSR count). The number of carbonyl (C=O) groups is 1. The summed E-state index contributed by atoms with van der Waals surface area (Å²) in [6, 6.07) is 9.94. The second kappa shape index (κ2) is 9.78. The van der Waals surface area contributed by atoms with Crippen molar-refractivity contribution in [2.45, 2.75) is 19.4 Å². The third kappa shape index (κ3) is 5.05. The highest BCUT2D eigenvalue weighted by atomic mass is 32.1. The molecule has 7 nitrogen and oxygen atoms in total. The number of carbonyl (C=O) groups excluding carboxylic acids is 1. The number of allylic oxidation sites excluding steroid dienone is 1. The highest BCUT2D eigenvalue weighted by Crippen LogP contribution is 2.29. The van der Waals surface area contributed by atoms with Gasteiger partial charge < -0.3 is 9.64 Å². The second-order valence-electron chi connectivity index (χ2n) is 7.43. The first-order valence-corrected chi connectivity index (χ1v) is 10.6. The summed E-state index contributed by atoms with van der Waals surface area (Å²) in [6.07, 6.45) is 7.89. The Morgan fingerprint density at radius 2 is 2.19 bits per heavy atom. The van der Waals surface area contributed by atoms with Crippen molar-refractivity contribution in [2.75, 3.05) is 18.6 Å². The monoisotopic (exact) mass is 451 g/mol. The van der Waals surface area contributed by atoms with Crippen molar-refractivity contribution >= 4 is 28.8 Å². The summed E-state index contributed by atoms with van der Waals surface area (Å²) in [5, 5.41) is 4.22. The molecule has 0 bridgehead atoms. The van der Waals surface area contributed by atoms with Crippen LogP contribution in [-0.4, -0.2) is 44.2 Å². The number of thiocarbonyl (C=S) groups is 1. The van der Waals surface area contributed by atoms with Gasteiger partial charge in [-0.05, 0) is 36.2 Å². The molecule has 1 atom stereocenters. The van der Waals surface area contributed by atoms with Crippen LogP contribution in [0.15, 0.2) is 61.1 Å². The molecular weight excluding hydrogens is 429 g/mol. The number of hydrogen-bond donors (Lipinski definition) is 0. The van der Waals surface area contributed by atoms with Gasteiger partial charge in [0.15, 0.2) is 11.6 Å². The fraction of sp³-hybridized carbons (Fsp3) is 0.261. The Labute approximate surface area is 190 Å². The first-order valence-electron chi connectivity index (χ1n) is 10.2. The van der Waals surface area contributed by atoms with E-state index in [-0.39, 0.29) is 29.8 Å². The molecular formula is C23H22FN5O2S. The van der Waals surface area contributed by atoms with Crippen LogP contribution in [0.3, 0.4) is 0 Å². The number of hydrogen-bond acceptors (Lipinski definition) is 6. The predicted octanol–water partition coefficient (Wildman–Crippen LogP) is 3.85. The van der Waals surface area contributed by atoms with Gasteiger partial charge in [0, 0.05) is 19.7 Å². The van der Waals surface area contributed by atoms with Gasteiger partial charge in [0.1, 0.15) is 18.8 Å². The van der Waals surface area contributed by atoms with E-state index >= 15 is 0 Å². The molecule has 0 fully saturated rings. The Balaban J connectivity index is 1.30. The van der Waals surface area contributed by atoms with E-state index in [1.54, 1.807) is 18.3 Å². The van der Waals surface area contributed by atoms with E-state index in [2.05, 4.69) is 15.1 Å². The highest BCUT2D eigenvalue weighted by molar-refractivity contribution is 7.80. The normalized spacial score (nSPS) is 16.0. The molecule has 2 aromatic heterocycles. The number of rotatable bonds is 7. The molecule has 1 aliphatic rings. The molecule has 0 saturated carbocycles. The lowest BCUT2D eigenvalue weighted by Crippen LogP contribution is -2.31. The summed E-state index contributed by atoms with van der Waals surface area (Å²) in [5.41, 5.74) is 0.751. The lowest BCUT2D eigenvalue weighted by molar-refractivity contribution is 0.0973. The molecule has 3 heterocycles. The number of nitrogens with zero attached hydrogens (tertiary/aromatic N) is 5. The molecule has 0 N–H and O–H groups in total. The maximum Gasteiger partial charge on any atom is 0.217 e. The molecule has 1 aliphatic heterocycles. The van der Waals surface area contributed by atoms with Gasteiger partial charge >= 0.3 is 0 Å². The van der Waals surface area contributed by atoms with Gasteiger partial charge in [-0.3, -0.25) is 4.79 Å². The van der Waals surface area contributed by atoms with E-state index < -0.39 is 0 Å². The smallest absolute Gasteiger partial charge is 0.217 e. The standard InChI is InChI=1S/C23H22FN5O2S/c1-28-22-20(10-5-11-25-22)31-14-17(23(28)32)7-2-3-9-19(30)21-26-15-29(27-21)13-16-6-4-8-18(24)12-16/h2,4-8,10-12,15,17H,3,9,13-14H2,1H3/b7-2+/t17-/m0/s1. The summed E-state index contributed by atoms with van der Waals surface area (Å²) in [7, 11) is 1.87. The molecule has 0 unspecified atom stereocenters. The quantitative estimate of drug-likeness (QED) is 0.307. The van der Waals surface area contributed by atoms with Gasteiger partial charge in [-0.2, -0.15) is 0 Å². The largest absolute Gasteiger partial charge is 0.489 e. The predicted molar refractivity (Wildman–Crippen MR) is 122 cm³/mol. The maximum absolute atomic E-state index is 13.3. The summed E-state index contributed by atoms with van der Waals surface area (Å²) >= 11 is 5.60. The van der Waals surface area contributed by atoms with Crippen molar-refractivity contribution in [1.82, 2.24) is 19.7 Å². The average molecular weight is 452 g/mol. The fourth-order valence-electron chi connectivity index (χ4n) is 3.40. The molecule has 3 aromatic rings. The Bertz CT molecular complexity index is 1160. The number of anilines is 1. The third-order valence-corrected chi connectivity index (χ3v) is 5.64. The summed E-state index contributed by atoms with van der Waals surface area (Å²) in [6.45, 7) is 0.764. The maximum atomic E-state index is 13.3. The SMILES string of the molecule is CN1C(=S)[C@@H](/C=C/CCC(=O)c2ncn(Cc3cccc(F)c3)n2)COc2cccnc21. The number of ether oxygens (including phenoxy) is 1. The topological polar surface area (TPSA) is 73.1 Å². The third-order valence-electron chi connectivity index (χ3n) is 5.06. The highest BCUT2D eigenvalue weighted by Gasteiger charge is 2.25. The minimum Gasteiger partial charge on any atom is -0.489 e. The lowest BCUT2D eigenvalue weighted by atomic mass is 10.1. The Kier molecular flexibility index (Phi) is 6.65. The van der Waals surface area contributed by atoms with Gasteiger partial charge in [0.25, 0.3) is 0 Å². The van der Waals surface area contributed by atoms with Crippen molar-refractivity contribution < 1.29 is 13.9 Å². The van der Waals surface area contributed by atoms with Crippen molar-refractivity contribution in [3.63, 3.8) is 0 Å². The van der Waals surface area contributed by atoms with Crippen molar-refractivity contribution in [3.05, 3.63) is 78.3 Å². The van der Waals surface area contributed by atoms with Crippen LogP contribution < -0.4 is 9.64 Å².